The largest absolute Gasteiger partial charge is 0.391 e. The zero-order valence-electron chi connectivity index (χ0n) is 13.4. The average molecular weight is 303 g/mol. The summed E-state index contributed by atoms with van der Waals surface area (Å²) in [6.07, 6.45) is 1.94. The lowest BCUT2D eigenvalue weighted by Crippen LogP contribution is -2.55. The molecule has 2 bridgehead atoms. The normalized spacial score (nSPS) is 46.0. The molecule has 3 unspecified atom stereocenters. The van der Waals surface area contributed by atoms with Crippen LogP contribution in [0.3, 0.4) is 0 Å². The molecule has 1 nitrogen and oxygen atoms in total. The molecule has 0 heterocycles. The Labute approximate surface area is 126 Å². The Bertz CT molecular complexity index is 399. The maximum Gasteiger partial charge on any atom is 0.391 e. The van der Waals surface area contributed by atoms with Crippen molar-refractivity contribution in [2.75, 3.05) is 0 Å². The molecular weight excluding hydrogens is 275 g/mol. The number of nitrogens with one attached hydrogen (secondary N) is 1. The van der Waals surface area contributed by atoms with Gasteiger partial charge in [0.25, 0.3) is 0 Å². The van der Waals surface area contributed by atoms with E-state index in [1.165, 1.54) is 19.3 Å². The fraction of sp³-hybridized carbons (Fsp3) is 1.00. The standard InChI is InChI=1S/C17H28F3N/c1-15(2)12-7-8-16(3,10-12)14(15)21-13-6-4-5-11(9-13)17(18,19)20/h11-14,21H,4-10H2,1-3H3/t11?,12-,13?,14?,16+/m0/s1. The van der Waals surface area contributed by atoms with Crippen LogP contribution in [0, 0.1) is 22.7 Å². The molecule has 3 aliphatic rings. The van der Waals surface area contributed by atoms with Gasteiger partial charge in [0.15, 0.2) is 0 Å². The Morgan fingerprint density at radius 3 is 2.33 bits per heavy atom. The van der Waals surface area contributed by atoms with Crippen LogP contribution in [0.25, 0.3) is 0 Å². The van der Waals surface area contributed by atoms with E-state index in [-0.39, 0.29) is 17.9 Å². The zero-order chi connectivity index (χ0) is 15.5. The van der Waals surface area contributed by atoms with E-state index in [9.17, 15) is 13.2 Å². The molecule has 3 rings (SSSR count). The first kappa shape index (κ1) is 15.6. The van der Waals surface area contributed by atoms with Crippen LogP contribution in [0.2, 0.25) is 0 Å². The predicted octanol–water partition coefficient (Wildman–Crippen LogP) is 4.91. The minimum Gasteiger partial charge on any atom is -0.310 e. The van der Waals surface area contributed by atoms with Crippen molar-refractivity contribution < 1.29 is 13.2 Å². The Morgan fingerprint density at radius 1 is 1.05 bits per heavy atom. The fourth-order valence-corrected chi connectivity index (χ4v) is 5.59. The van der Waals surface area contributed by atoms with E-state index in [4.69, 9.17) is 0 Å². The molecule has 3 aliphatic carbocycles. The van der Waals surface area contributed by atoms with Crippen molar-refractivity contribution in [2.24, 2.45) is 22.7 Å². The van der Waals surface area contributed by atoms with Gasteiger partial charge >= 0.3 is 6.18 Å². The SMILES string of the molecule is CC1(C)C(NC2CCCC(C(F)(F)F)C2)[C@]2(C)CC[C@H]1C2. The lowest BCUT2D eigenvalue weighted by Gasteiger charge is -2.46. The summed E-state index contributed by atoms with van der Waals surface area (Å²) in [6.45, 7) is 6.96. The maximum atomic E-state index is 13.0. The molecule has 0 amide bonds. The van der Waals surface area contributed by atoms with Crippen LogP contribution in [-0.2, 0) is 0 Å². The van der Waals surface area contributed by atoms with Crippen molar-refractivity contribution >= 4 is 0 Å². The second-order valence-corrected chi connectivity index (χ2v) is 8.62. The summed E-state index contributed by atoms with van der Waals surface area (Å²) in [5.74, 6) is -0.361. The van der Waals surface area contributed by atoms with Gasteiger partial charge in [0.05, 0.1) is 5.92 Å². The van der Waals surface area contributed by atoms with E-state index >= 15 is 0 Å². The molecule has 4 heteroatoms. The molecule has 0 aromatic carbocycles. The quantitative estimate of drug-likeness (QED) is 0.764. The third-order valence-corrected chi connectivity index (χ3v) is 6.81. The number of rotatable bonds is 2. The number of hydrogen-bond donors (Lipinski definition) is 1. The van der Waals surface area contributed by atoms with Crippen LogP contribution in [0.15, 0.2) is 0 Å². The van der Waals surface area contributed by atoms with E-state index in [0.717, 1.165) is 12.3 Å². The van der Waals surface area contributed by atoms with Gasteiger partial charge in [0.2, 0.25) is 0 Å². The molecule has 3 saturated carbocycles. The summed E-state index contributed by atoms with van der Waals surface area (Å²) in [5.41, 5.74) is 0.511. The topological polar surface area (TPSA) is 12.0 Å². The third kappa shape index (κ3) is 2.62. The second kappa shape index (κ2) is 4.87. The van der Waals surface area contributed by atoms with Gasteiger partial charge < -0.3 is 5.32 Å². The Kier molecular flexibility index (Phi) is 3.63. The van der Waals surface area contributed by atoms with Crippen molar-refractivity contribution in [2.45, 2.75) is 84.0 Å². The highest BCUT2D eigenvalue weighted by Crippen LogP contribution is 2.62. The first-order valence-corrected chi connectivity index (χ1v) is 8.46. The predicted molar refractivity (Wildman–Crippen MR) is 78.0 cm³/mol. The molecule has 0 radical (unpaired) electrons. The van der Waals surface area contributed by atoms with Crippen LogP contribution in [0.5, 0.6) is 0 Å². The van der Waals surface area contributed by atoms with E-state index in [0.29, 0.717) is 24.3 Å². The first-order valence-electron chi connectivity index (χ1n) is 8.46. The van der Waals surface area contributed by atoms with Gasteiger partial charge in [-0.2, -0.15) is 13.2 Å². The molecule has 3 fully saturated rings. The summed E-state index contributed by atoms with van der Waals surface area (Å²) in [4.78, 5) is 0. The van der Waals surface area contributed by atoms with Crippen molar-refractivity contribution in [1.29, 1.82) is 0 Å². The van der Waals surface area contributed by atoms with E-state index < -0.39 is 12.1 Å². The van der Waals surface area contributed by atoms with Crippen LogP contribution < -0.4 is 5.32 Å². The summed E-state index contributed by atoms with van der Waals surface area (Å²) in [5, 5.41) is 3.68. The molecule has 1 N–H and O–H groups in total. The van der Waals surface area contributed by atoms with Gasteiger partial charge in [-0.15, -0.1) is 0 Å². The summed E-state index contributed by atoms with van der Waals surface area (Å²) in [7, 11) is 0. The number of alkyl halides is 3. The monoisotopic (exact) mass is 303 g/mol. The third-order valence-electron chi connectivity index (χ3n) is 6.81. The molecular formula is C17H28F3N. The lowest BCUT2D eigenvalue weighted by molar-refractivity contribution is -0.184. The minimum absolute atomic E-state index is 0.0471. The second-order valence-electron chi connectivity index (χ2n) is 8.62. The van der Waals surface area contributed by atoms with Gasteiger partial charge in [-0.3, -0.25) is 0 Å². The Morgan fingerprint density at radius 2 is 1.76 bits per heavy atom. The number of halogens is 3. The fourth-order valence-electron chi connectivity index (χ4n) is 5.59. The smallest absolute Gasteiger partial charge is 0.310 e. The Balaban J connectivity index is 1.69. The van der Waals surface area contributed by atoms with Crippen molar-refractivity contribution in [3.63, 3.8) is 0 Å². The summed E-state index contributed by atoms with van der Waals surface area (Å²) >= 11 is 0. The van der Waals surface area contributed by atoms with Crippen LogP contribution in [0.4, 0.5) is 13.2 Å². The van der Waals surface area contributed by atoms with E-state index in [1.807, 2.05) is 0 Å². The van der Waals surface area contributed by atoms with Gasteiger partial charge in [-0.05, 0) is 55.3 Å². The average Bonchev–Trinajstić information content (AvgIpc) is 2.85. The number of hydrogen-bond acceptors (Lipinski definition) is 1. The van der Waals surface area contributed by atoms with Crippen LogP contribution in [-0.4, -0.2) is 18.3 Å². The van der Waals surface area contributed by atoms with Gasteiger partial charge in [-0.25, -0.2) is 0 Å². The molecule has 0 spiro atoms. The van der Waals surface area contributed by atoms with Crippen LogP contribution in [0.1, 0.15) is 65.7 Å². The highest BCUT2D eigenvalue weighted by molar-refractivity contribution is 5.12. The van der Waals surface area contributed by atoms with Gasteiger partial charge in [0.1, 0.15) is 0 Å². The highest BCUT2D eigenvalue weighted by Gasteiger charge is 2.59. The zero-order valence-corrected chi connectivity index (χ0v) is 13.4. The molecule has 5 atom stereocenters. The summed E-state index contributed by atoms with van der Waals surface area (Å²) in [6, 6.07) is 0.423. The van der Waals surface area contributed by atoms with E-state index in [1.54, 1.807) is 0 Å². The Hall–Kier alpha value is -0.250. The van der Waals surface area contributed by atoms with Crippen molar-refractivity contribution in [1.82, 2.24) is 5.32 Å². The highest BCUT2D eigenvalue weighted by atomic mass is 19.4. The van der Waals surface area contributed by atoms with Crippen molar-refractivity contribution in [3.05, 3.63) is 0 Å². The maximum absolute atomic E-state index is 13.0. The molecule has 0 saturated heterocycles. The van der Waals surface area contributed by atoms with Gasteiger partial charge in [0, 0.05) is 12.1 Å². The summed E-state index contributed by atoms with van der Waals surface area (Å²) < 4.78 is 38.9. The van der Waals surface area contributed by atoms with Crippen LogP contribution >= 0.6 is 0 Å². The molecule has 0 aromatic heterocycles. The van der Waals surface area contributed by atoms with E-state index in [2.05, 4.69) is 26.1 Å². The van der Waals surface area contributed by atoms with Crippen molar-refractivity contribution in [3.8, 4) is 0 Å². The lowest BCUT2D eigenvalue weighted by atomic mass is 9.67. The molecule has 0 aliphatic heterocycles. The molecule has 122 valence electrons. The molecule has 0 aromatic rings. The minimum atomic E-state index is -4.02. The number of fused-ring (bicyclic) bond motifs is 2. The first-order chi connectivity index (χ1) is 9.63. The van der Waals surface area contributed by atoms with Gasteiger partial charge in [-0.1, -0.05) is 27.2 Å². The molecule has 21 heavy (non-hydrogen) atoms.